The number of nitrogens with zero attached hydrogens (tertiary/aromatic N) is 4. The number of hydrogen-bond acceptors (Lipinski definition) is 4. The zero-order valence-corrected chi connectivity index (χ0v) is 20.6. The number of fused-ring (bicyclic) bond motifs is 1. The summed E-state index contributed by atoms with van der Waals surface area (Å²) < 4.78 is 1.83. The molecule has 2 aromatic heterocycles. The maximum absolute atomic E-state index is 13.4. The molecule has 3 heterocycles. The lowest BCUT2D eigenvalue weighted by Gasteiger charge is -2.32. The van der Waals surface area contributed by atoms with Gasteiger partial charge in [0.25, 0.3) is 5.91 Å². The van der Waals surface area contributed by atoms with Crippen LogP contribution in [-0.2, 0) is 6.54 Å². The van der Waals surface area contributed by atoms with Crippen LogP contribution in [0.2, 0.25) is 0 Å². The first-order chi connectivity index (χ1) is 18.2. The number of nitrogens with one attached hydrogen (secondary N) is 1. The summed E-state index contributed by atoms with van der Waals surface area (Å²) in [6.45, 7) is 2.88. The smallest absolute Gasteiger partial charge is 0.270 e. The van der Waals surface area contributed by atoms with Crippen molar-refractivity contribution in [2.75, 3.05) is 13.1 Å². The number of carbonyl (C=O) groups is 1. The van der Waals surface area contributed by atoms with Crippen molar-refractivity contribution < 1.29 is 4.79 Å². The predicted octanol–water partition coefficient (Wildman–Crippen LogP) is 5.46. The Kier molecular flexibility index (Phi) is 6.48. The van der Waals surface area contributed by atoms with E-state index in [4.69, 9.17) is 10.1 Å². The van der Waals surface area contributed by atoms with Gasteiger partial charge in [-0.2, -0.15) is 5.10 Å². The lowest BCUT2D eigenvalue weighted by Crippen LogP contribution is -2.44. The molecule has 0 unspecified atom stereocenters. The summed E-state index contributed by atoms with van der Waals surface area (Å²) in [5, 5.41) is 8.08. The van der Waals surface area contributed by atoms with Crippen LogP contribution in [-0.4, -0.2) is 44.5 Å². The highest BCUT2D eigenvalue weighted by Crippen LogP contribution is 2.25. The number of rotatable bonds is 6. The fraction of sp³-hybridized carbons (Fsp3) is 0.194. The summed E-state index contributed by atoms with van der Waals surface area (Å²) in [5.74, 6) is -0.136. The van der Waals surface area contributed by atoms with Crippen molar-refractivity contribution in [1.82, 2.24) is 24.8 Å². The quantitative estimate of drug-likeness (QED) is 0.346. The highest BCUT2D eigenvalue weighted by Gasteiger charge is 2.23. The Balaban J connectivity index is 1.23. The monoisotopic (exact) mass is 487 g/mol. The van der Waals surface area contributed by atoms with Gasteiger partial charge in [-0.3, -0.25) is 9.69 Å². The minimum atomic E-state index is -0.136. The number of benzene rings is 3. The Bertz CT molecular complexity index is 1490. The Labute approximate surface area is 216 Å². The molecule has 184 valence electrons. The zero-order chi connectivity index (χ0) is 25.0. The lowest BCUT2D eigenvalue weighted by molar-refractivity contribution is 0.0904. The van der Waals surface area contributed by atoms with Gasteiger partial charge in [0.2, 0.25) is 0 Å². The molecule has 0 spiro atoms. The van der Waals surface area contributed by atoms with Crippen LogP contribution < -0.4 is 5.32 Å². The SMILES string of the molecule is O=C(NC1CCN(Cc2ccccc2)CC1)c1cc(-c2ccccc2)n2nc(-c3ccccc3)cc2n1. The van der Waals surface area contributed by atoms with Gasteiger partial charge in [-0.05, 0) is 24.5 Å². The number of likely N-dealkylation sites (tertiary alicyclic amines) is 1. The van der Waals surface area contributed by atoms with Gasteiger partial charge in [-0.15, -0.1) is 0 Å². The van der Waals surface area contributed by atoms with E-state index in [0.29, 0.717) is 11.3 Å². The third-order valence-corrected chi connectivity index (χ3v) is 6.97. The van der Waals surface area contributed by atoms with Crippen LogP contribution in [0, 0.1) is 0 Å². The normalized spacial score (nSPS) is 14.6. The van der Waals surface area contributed by atoms with Crippen LogP contribution >= 0.6 is 0 Å². The highest BCUT2D eigenvalue weighted by molar-refractivity contribution is 5.94. The van der Waals surface area contributed by atoms with E-state index in [-0.39, 0.29) is 11.9 Å². The van der Waals surface area contributed by atoms with E-state index >= 15 is 0 Å². The summed E-state index contributed by atoms with van der Waals surface area (Å²) in [6, 6.07) is 34.5. The molecular weight excluding hydrogens is 458 g/mol. The van der Waals surface area contributed by atoms with Gasteiger partial charge in [0.15, 0.2) is 5.65 Å². The van der Waals surface area contributed by atoms with Gasteiger partial charge in [-0.1, -0.05) is 91.0 Å². The molecule has 6 heteroatoms. The summed E-state index contributed by atoms with van der Waals surface area (Å²) in [6.07, 6.45) is 1.86. The molecule has 6 nitrogen and oxygen atoms in total. The number of carbonyl (C=O) groups excluding carboxylic acids is 1. The largest absolute Gasteiger partial charge is 0.348 e. The van der Waals surface area contributed by atoms with Crippen LogP contribution in [0.4, 0.5) is 0 Å². The van der Waals surface area contributed by atoms with Crippen molar-refractivity contribution in [2.45, 2.75) is 25.4 Å². The van der Waals surface area contributed by atoms with Crippen molar-refractivity contribution in [3.05, 3.63) is 114 Å². The van der Waals surface area contributed by atoms with E-state index in [1.54, 1.807) is 0 Å². The fourth-order valence-electron chi connectivity index (χ4n) is 4.99. The van der Waals surface area contributed by atoms with Crippen molar-refractivity contribution in [1.29, 1.82) is 0 Å². The minimum Gasteiger partial charge on any atom is -0.348 e. The molecule has 0 atom stereocenters. The molecule has 0 bridgehead atoms. The third kappa shape index (κ3) is 5.15. The van der Waals surface area contributed by atoms with E-state index in [1.807, 2.05) is 83.4 Å². The maximum atomic E-state index is 13.4. The Morgan fingerprint density at radius 2 is 1.43 bits per heavy atom. The first-order valence-electron chi connectivity index (χ1n) is 12.8. The minimum absolute atomic E-state index is 0.136. The second-order valence-corrected chi connectivity index (χ2v) is 9.57. The van der Waals surface area contributed by atoms with Crippen molar-refractivity contribution in [3.63, 3.8) is 0 Å². The molecular formula is C31H29N5O. The van der Waals surface area contributed by atoms with Gasteiger partial charge in [0.1, 0.15) is 5.69 Å². The lowest BCUT2D eigenvalue weighted by atomic mass is 10.0. The summed E-state index contributed by atoms with van der Waals surface area (Å²) >= 11 is 0. The van der Waals surface area contributed by atoms with Crippen molar-refractivity contribution >= 4 is 11.6 Å². The second kappa shape index (κ2) is 10.4. The topological polar surface area (TPSA) is 62.5 Å². The number of amides is 1. The molecule has 6 rings (SSSR count). The van der Waals surface area contributed by atoms with E-state index in [9.17, 15) is 4.79 Å². The summed E-state index contributed by atoms with van der Waals surface area (Å²) in [4.78, 5) is 20.5. The van der Waals surface area contributed by atoms with E-state index in [2.05, 4.69) is 34.5 Å². The maximum Gasteiger partial charge on any atom is 0.270 e. The van der Waals surface area contributed by atoms with Gasteiger partial charge in [0.05, 0.1) is 11.4 Å². The molecule has 1 saturated heterocycles. The molecule has 1 N–H and O–H groups in total. The fourth-order valence-corrected chi connectivity index (χ4v) is 4.99. The molecule has 1 aliphatic rings. The van der Waals surface area contributed by atoms with E-state index < -0.39 is 0 Å². The number of aromatic nitrogens is 3. The molecule has 0 aliphatic carbocycles. The first-order valence-corrected chi connectivity index (χ1v) is 12.8. The molecule has 0 saturated carbocycles. The molecule has 37 heavy (non-hydrogen) atoms. The van der Waals surface area contributed by atoms with Gasteiger partial charge in [0, 0.05) is 42.9 Å². The Morgan fingerprint density at radius 3 is 2.11 bits per heavy atom. The third-order valence-electron chi connectivity index (χ3n) is 6.97. The number of piperidine rings is 1. The van der Waals surface area contributed by atoms with Crippen molar-refractivity contribution in [2.24, 2.45) is 0 Å². The molecule has 0 radical (unpaired) electrons. The van der Waals surface area contributed by atoms with Gasteiger partial charge < -0.3 is 5.32 Å². The highest BCUT2D eigenvalue weighted by atomic mass is 16.1. The van der Waals surface area contributed by atoms with Gasteiger partial charge >= 0.3 is 0 Å². The van der Waals surface area contributed by atoms with Crippen LogP contribution in [0.3, 0.4) is 0 Å². The number of hydrogen-bond donors (Lipinski definition) is 1. The van der Waals surface area contributed by atoms with Crippen LogP contribution in [0.1, 0.15) is 28.9 Å². The average molecular weight is 488 g/mol. The molecule has 3 aromatic carbocycles. The molecule has 1 fully saturated rings. The second-order valence-electron chi connectivity index (χ2n) is 9.57. The van der Waals surface area contributed by atoms with Crippen LogP contribution in [0.25, 0.3) is 28.2 Å². The van der Waals surface area contributed by atoms with Crippen LogP contribution in [0.5, 0.6) is 0 Å². The zero-order valence-electron chi connectivity index (χ0n) is 20.6. The molecule has 1 aliphatic heterocycles. The molecule has 5 aromatic rings. The summed E-state index contributed by atoms with van der Waals surface area (Å²) in [5.41, 5.74) is 6.07. The Hall–Kier alpha value is -4.29. The van der Waals surface area contributed by atoms with Crippen LogP contribution in [0.15, 0.2) is 103 Å². The first kappa shape index (κ1) is 23.1. The molecule has 1 amide bonds. The average Bonchev–Trinajstić information content (AvgIpc) is 3.40. The van der Waals surface area contributed by atoms with E-state index in [0.717, 1.165) is 55.0 Å². The Morgan fingerprint density at radius 1 is 0.811 bits per heavy atom. The van der Waals surface area contributed by atoms with E-state index in [1.165, 1.54) is 5.56 Å². The van der Waals surface area contributed by atoms with Gasteiger partial charge in [-0.25, -0.2) is 9.50 Å². The standard InChI is InChI=1S/C31H29N5O/c37-31(32-26-16-18-35(19-17-26)22-23-10-4-1-5-11-23)28-20-29(25-14-8-3-9-15-25)36-30(33-28)21-27(34-36)24-12-6-2-7-13-24/h1-15,20-21,26H,16-19,22H2,(H,32,37). The predicted molar refractivity (Wildman–Crippen MR) is 146 cm³/mol. The van der Waals surface area contributed by atoms with Crippen molar-refractivity contribution in [3.8, 4) is 22.5 Å². The summed E-state index contributed by atoms with van der Waals surface area (Å²) in [7, 11) is 0.